The van der Waals surface area contributed by atoms with Gasteiger partial charge in [0.2, 0.25) is 0 Å². The van der Waals surface area contributed by atoms with E-state index in [4.69, 9.17) is 0 Å². The van der Waals surface area contributed by atoms with Gasteiger partial charge in [0, 0.05) is 21.9 Å². The van der Waals surface area contributed by atoms with Gasteiger partial charge in [-0.25, -0.2) is 4.98 Å². The minimum atomic E-state index is -1.03. The summed E-state index contributed by atoms with van der Waals surface area (Å²) >= 11 is 2.90. The van der Waals surface area contributed by atoms with Crippen LogP contribution in [0.4, 0.5) is 0 Å². The van der Waals surface area contributed by atoms with Crippen molar-refractivity contribution >= 4 is 29.1 Å². The van der Waals surface area contributed by atoms with Crippen molar-refractivity contribution in [3.8, 4) is 10.6 Å². The summed E-state index contributed by atoms with van der Waals surface area (Å²) in [5.41, 5.74) is 2.00. The van der Waals surface area contributed by atoms with E-state index < -0.39 is 11.2 Å². The molecule has 0 amide bonds. The Kier molecular flexibility index (Phi) is 4.38. The van der Waals surface area contributed by atoms with Gasteiger partial charge in [0.05, 0.1) is 11.7 Å². The largest absolute Gasteiger partial charge is 0.549 e. The summed E-state index contributed by atoms with van der Waals surface area (Å²) in [4.78, 5) is 15.1. The summed E-state index contributed by atoms with van der Waals surface area (Å²) < 4.78 is 0. The summed E-state index contributed by atoms with van der Waals surface area (Å²) in [7, 11) is 0. The van der Waals surface area contributed by atoms with E-state index in [1.165, 1.54) is 11.8 Å². The van der Waals surface area contributed by atoms with Crippen LogP contribution in [-0.4, -0.2) is 16.2 Å². The van der Waals surface area contributed by atoms with Crippen molar-refractivity contribution in [3.63, 3.8) is 0 Å². The Morgan fingerprint density at radius 2 is 2.17 bits per heavy atom. The minimum absolute atomic E-state index is 0.508. The highest BCUT2D eigenvalue weighted by Crippen LogP contribution is 2.26. The standard InChI is InChI=1S/C13H13NO2S2/c1-9(13(15)16)17-7-11-8-18-12(14-11)10-5-3-2-4-6-10/h2-6,8-9H,7H2,1H3,(H,15,16)/p-1/t9-/m1/s1. The van der Waals surface area contributed by atoms with Gasteiger partial charge in [-0.1, -0.05) is 30.3 Å². The number of rotatable bonds is 5. The van der Waals surface area contributed by atoms with Gasteiger partial charge >= 0.3 is 0 Å². The fourth-order valence-corrected chi connectivity index (χ4v) is 3.00. The highest BCUT2D eigenvalue weighted by molar-refractivity contribution is 7.99. The molecule has 3 nitrogen and oxygen atoms in total. The van der Waals surface area contributed by atoms with Crippen LogP contribution in [0.1, 0.15) is 12.6 Å². The second-order valence-corrected chi connectivity index (χ2v) is 5.97. The maximum Gasteiger partial charge on any atom is 0.123 e. The molecular weight excluding hydrogens is 266 g/mol. The van der Waals surface area contributed by atoms with Crippen LogP contribution in [0.15, 0.2) is 35.7 Å². The lowest BCUT2D eigenvalue weighted by atomic mass is 10.2. The molecule has 0 N–H and O–H groups in total. The van der Waals surface area contributed by atoms with Gasteiger partial charge in [-0.2, -0.15) is 0 Å². The average Bonchev–Trinajstić information content (AvgIpc) is 2.85. The highest BCUT2D eigenvalue weighted by Gasteiger charge is 2.07. The molecule has 1 atom stereocenters. The molecule has 1 aromatic carbocycles. The summed E-state index contributed by atoms with van der Waals surface area (Å²) in [5.74, 6) is -0.433. The highest BCUT2D eigenvalue weighted by atomic mass is 32.2. The molecule has 0 aliphatic heterocycles. The molecule has 0 aliphatic carbocycles. The molecule has 0 bridgehead atoms. The predicted molar refractivity (Wildman–Crippen MR) is 73.3 cm³/mol. The monoisotopic (exact) mass is 278 g/mol. The molecule has 94 valence electrons. The van der Waals surface area contributed by atoms with Crippen molar-refractivity contribution in [2.75, 3.05) is 0 Å². The lowest BCUT2D eigenvalue weighted by Crippen LogP contribution is -2.31. The zero-order chi connectivity index (χ0) is 13.0. The van der Waals surface area contributed by atoms with E-state index in [0.29, 0.717) is 5.75 Å². The Hall–Kier alpha value is -1.33. The second-order valence-electron chi connectivity index (χ2n) is 3.78. The molecule has 0 radical (unpaired) electrons. The number of benzene rings is 1. The van der Waals surface area contributed by atoms with Crippen LogP contribution in [0.3, 0.4) is 0 Å². The number of nitrogens with zero attached hydrogens (tertiary/aromatic N) is 1. The van der Waals surface area contributed by atoms with Crippen LogP contribution >= 0.6 is 23.1 Å². The van der Waals surface area contributed by atoms with Gasteiger partial charge in [-0.3, -0.25) is 0 Å². The van der Waals surface area contributed by atoms with E-state index in [2.05, 4.69) is 4.98 Å². The molecule has 0 unspecified atom stereocenters. The first-order valence-corrected chi connectivity index (χ1v) is 7.42. The quantitative estimate of drug-likeness (QED) is 0.841. The van der Waals surface area contributed by atoms with Gasteiger partial charge < -0.3 is 9.90 Å². The van der Waals surface area contributed by atoms with E-state index in [1.807, 2.05) is 35.7 Å². The van der Waals surface area contributed by atoms with Crippen molar-refractivity contribution < 1.29 is 9.90 Å². The Morgan fingerprint density at radius 1 is 1.44 bits per heavy atom. The average molecular weight is 278 g/mol. The van der Waals surface area contributed by atoms with Crippen LogP contribution in [0.5, 0.6) is 0 Å². The fourth-order valence-electron chi connectivity index (χ4n) is 1.37. The normalized spacial score (nSPS) is 12.3. The lowest BCUT2D eigenvalue weighted by Gasteiger charge is -2.10. The number of carbonyl (C=O) groups excluding carboxylic acids is 1. The third-order valence-corrected chi connectivity index (χ3v) is 4.48. The van der Waals surface area contributed by atoms with Crippen molar-refractivity contribution in [2.45, 2.75) is 17.9 Å². The third kappa shape index (κ3) is 3.34. The number of carboxylic acids is 1. The van der Waals surface area contributed by atoms with Gasteiger partial charge in [-0.15, -0.1) is 23.1 Å². The molecule has 0 fully saturated rings. The van der Waals surface area contributed by atoms with Crippen LogP contribution in [0.25, 0.3) is 10.6 Å². The van der Waals surface area contributed by atoms with Crippen LogP contribution in [0.2, 0.25) is 0 Å². The first-order chi connectivity index (χ1) is 8.66. The SMILES string of the molecule is C[C@@H](SCc1csc(-c2ccccc2)n1)C(=O)[O-]. The zero-order valence-corrected chi connectivity index (χ0v) is 11.5. The fraction of sp³-hybridized carbons (Fsp3) is 0.231. The first-order valence-electron chi connectivity index (χ1n) is 5.49. The summed E-state index contributed by atoms with van der Waals surface area (Å²) in [6, 6.07) is 9.95. The smallest absolute Gasteiger partial charge is 0.123 e. The maximum absolute atomic E-state index is 10.6. The predicted octanol–water partition coefficient (Wildman–Crippen LogP) is 2.18. The van der Waals surface area contributed by atoms with Crippen LogP contribution in [0, 0.1) is 0 Å². The molecular formula is C13H12NO2S2-. The number of thiazole rings is 1. The number of thioether (sulfide) groups is 1. The molecule has 1 heterocycles. The van der Waals surface area contributed by atoms with E-state index in [-0.39, 0.29) is 0 Å². The maximum atomic E-state index is 10.6. The number of aromatic nitrogens is 1. The van der Waals surface area contributed by atoms with Gasteiger partial charge in [0.25, 0.3) is 0 Å². The van der Waals surface area contributed by atoms with Crippen molar-refractivity contribution in [2.24, 2.45) is 0 Å². The van der Waals surface area contributed by atoms with Crippen molar-refractivity contribution in [3.05, 3.63) is 41.4 Å². The molecule has 0 spiro atoms. The molecule has 0 aliphatic rings. The van der Waals surface area contributed by atoms with Gasteiger partial charge in [-0.05, 0) is 6.92 Å². The van der Waals surface area contributed by atoms with E-state index >= 15 is 0 Å². The number of hydrogen-bond donors (Lipinski definition) is 0. The van der Waals surface area contributed by atoms with Crippen molar-refractivity contribution in [1.29, 1.82) is 0 Å². The Balaban J connectivity index is 2.01. The zero-order valence-electron chi connectivity index (χ0n) is 9.83. The van der Waals surface area contributed by atoms with E-state index in [1.54, 1.807) is 18.3 Å². The summed E-state index contributed by atoms with van der Waals surface area (Å²) in [6.45, 7) is 1.63. The molecule has 18 heavy (non-hydrogen) atoms. The van der Waals surface area contributed by atoms with E-state index in [9.17, 15) is 9.90 Å². The molecule has 2 aromatic rings. The number of hydrogen-bond acceptors (Lipinski definition) is 5. The Labute approximate surface area is 114 Å². The number of aliphatic carboxylic acids is 1. The van der Waals surface area contributed by atoms with Crippen LogP contribution < -0.4 is 5.11 Å². The minimum Gasteiger partial charge on any atom is -0.549 e. The molecule has 5 heteroatoms. The molecule has 2 rings (SSSR count). The summed E-state index contributed by atoms with van der Waals surface area (Å²) in [5, 5.41) is 13.0. The van der Waals surface area contributed by atoms with Crippen molar-refractivity contribution in [1.82, 2.24) is 4.98 Å². The molecule has 0 saturated carbocycles. The van der Waals surface area contributed by atoms with E-state index in [0.717, 1.165) is 16.3 Å². The Morgan fingerprint density at radius 3 is 2.83 bits per heavy atom. The number of carboxylic acid groups (broad SMARTS) is 1. The van der Waals surface area contributed by atoms with Gasteiger partial charge in [0.15, 0.2) is 0 Å². The van der Waals surface area contributed by atoms with Gasteiger partial charge in [0.1, 0.15) is 5.01 Å². The first kappa shape index (κ1) is 13.1. The van der Waals surface area contributed by atoms with Crippen LogP contribution in [-0.2, 0) is 10.5 Å². The third-order valence-electron chi connectivity index (χ3n) is 2.39. The number of carbonyl (C=O) groups is 1. The second kappa shape index (κ2) is 6.02. The Bertz CT molecular complexity index is 525. The molecule has 1 aromatic heterocycles. The summed E-state index contributed by atoms with van der Waals surface area (Å²) in [6.07, 6.45) is 0. The topological polar surface area (TPSA) is 53.0 Å². The lowest BCUT2D eigenvalue weighted by molar-refractivity contribution is -0.304. The molecule has 0 saturated heterocycles.